The molecule has 10 heteroatoms. The Morgan fingerprint density at radius 2 is 1.62 bits per heavy atom. The minimum atomic E-state index is -2.96. The van der Waals surface area contributed by atoms with Gasteiger partial charge in [-0.2, -0.15) is 0 Å². The first-order valence-corrected chi connectivity index (χ1v) is 13.1. The fraction of sp³-hybridized carbons (Fsp3) is 0.500. The molecule has 0 aromatic heterocycles. The number of amides is 1. The highest BCUT2D eigenvalue weighted by Gasteiger charge is 2.68. The van der Waals surface area contributed by atoms with Gasteiger partial charge in [-0.05, 0) is 36.1 Å². The molecule has 3 aliphatic rings. The predicted octanol–water partition coefficient (Wildman–Crippen LogP) is 2.12. The number of Topliss-reactive ketones (excluding diaryl/α,β-unsaturated/α-hetero) is 2. The SMILES string of the molecule is CN(C)[C@@H]1C(=O)C(C(N)=O)=C(O)[C@@]2(O)C(=O)C3=C(O)c4c(ccc(C(C)(C)C)c4O)/C(=C\C(C)(C)C)[C@H]3[C@H](O)[C@@H]12. The van der Waals surface area contributed by atoms with E-state index in [4.69, 9.17) is 5.73 Å². The molecule has 7 N–H and O–H groups in total. The van der Waals surface area contributed by atoms with Crippen LogP contribution in [0.15, 0.2) is 35.1 Å². The van der Waals surface area contributed by atoms with Gasteiger partial charge in [0.15, 0.2) is 11.4 Å². The lowest BCUT2D eigenvalue weighted by Gasteiger charge is -2.53. The lowest BCUT2D eigenvalue weighted by Crippen LogP contribution is -2.70. The van der Waals surface area contributed by atoms with Gasteiger partial charge in [-0.15, -0.1) is 0 Å². The number of likely N-dealkylation sites (N-methyl/N-ethyl adjacent to an activating group) is 1. The van der Waals surface area contributed by atoms with Crippen molar-refractivity contribution in [2.24, 2.45) is 23.0 Å². The number of aliphatic hydroxyl groups excluding tert-OH is 3. The van der Waals surface area contributed by atoms with Crippen molar-refractivity contribution in [1.82, 2.24) is 4.90 Å². The normalized spacial score (nSPS) is 30.0. The first-order valence-electron chi connectivity index (χ1n) is 13.1. The number of ketones is 2. The van der Waals surface area contributed by atoms with Crippen LogP contribution in [0.25, 0.3) is 11.3 Å². The molecular weight excluding hydrogens is 516 g/mol. The number of fused-ring (bicyclic) bond motifs is 3. The summed E-state index contributed by atoms with van der Waals surface area (Å²) in [5.41, 5.74) is 1.19. The summed E-state index contributed by atoms with van der Waals surface area (Å²) in [6.07, 6.45) is 0.110. The number of benzene rings is 1. The molecule has 1 saturated carbocycles. The Labute approximate surface area is 233 Å². The van der Waals surface area contributed by atoms with Gasteiger partial charge in [0, 0.05) is 11.5 Å². The third kappa shape index (κ3) is 4.00. The highest BCUT2D eigenvalue weighted by atomic mass is 16.4. The van der Waals surface area contributed by atoms with Gasteiger partial charge >= 0.3 is 0 Å². The first kappa shape index (κ1) is 29.5. The maximum absolute atomic E-state index is 14.3. The van der Waals surface area contributed by atoms with Crippen molar-refractivity contribution >= 4 is 28.8 Å². The van der Waals surface area contributed by atoms with Gasteiger partial charge < -0.3 is 31.3 Å². The van der Waals surface area contributed by atoms with Crippen LogP contribution in [-0.2, 0) is 19.8 Å². The number of aliphatic hydroxyl groups is 4. The molecule has 10 nitrogen and oxygen atoms in total. The van der Waals surface area contributed by atoms with Crippen molar-refractivity contribution in [3.05, 3.63) is 51.8 Å². The van der Waals surface area contributed by atoms with Crippen molar-refractivity contribution in [2.45, 2.75) is 64.7 Å². The third-order valence-electron chi connectivity index (χ3n) is 8.06. The summed E-state index contributed by atoms with van der Waals surface area (Å²) in [7, 11) is 2.94. The molecule has 216 valence electrons. The maximum atomic E-state index is 14.3. The molecule has 1 amide bonds. The standard InChI is InChI=1S/C30H38N2O8/c1-28(2,3)11-13-12-9-10-14(29(4,5)6)21(33)16(12)22(34)17-15(13)23(35)19-20(32(7)8)24(36)18(27(31)39)26(38)30(19,40)25(17)37/h9-11,15,19-20,23,33-35,38,40H,1-8H3,(H2,31,39)/b13-11+/t15-,19-,20+,23+,30+/m1/s1. The number of phenolic OH excluding ortho intramolecular Hbond substituents is 1. The van der Waals surface area contributed by atoms with Crippen molar-refractivity contribution in [3.8, 4) is 5.75 Å². The number of phenols is 1. The van der Waals surface area contributed by atoms with Gasteiger partial charge in [-0.25, -0.2) is 0 Å². The van der Waals surface area contributed by atoms with E-state index in [9.17, 15) is 39.9 Å². The maximum Gasteiger partial charge on any atom is 0.255 e. The summed E-state index contributed by atoms with van der Waals surface area (Å²) >= 11 is 0. The average molecular weight is 555 g/mol. The number of nitrogens with two attached hydrogens (primary N) is 1. The Balaban J connectivity index is 2.16. The van der Waals surface area contributed by atoms with E-state index >= 15 is 0 Å². The monoisotopic (exact) mass is 554 g/mol. The molecule has 0 radical (unpaired) electrons. The highest BCUT2D eigenvalue weighted by molar-refractivity contribution is 6.25. The number of hydrogen-bond acceptors (Lipinski definition) is 9. The van der Waals surface area contributed by atoms with Gasteiger partial charge in [0.25, 0.3) is 5.91 Å². The Morgan fingerprint density at radius 1 is 1.05 bits per heavy atom. The van der Waals surface area contributed by atoms with E-state index in [1.807, 2.05) is 41.5 Å². The fourth-order valence-electron chi connectivity index (χ4n) is 6.42. The molecule has 0 unspecified atom stereocenters. The number of hydrogen-bond donors (Lipinski definition) is 6. The van der Waals surface area contributed by atoms with Crippen molar-refractivity contribution < 1.29 is 39.9 Å². The zero-order valence-corrected chi connectivity index (χ0v) is 24.0. The number of nitrogens with zero attached hydrogens (tertiary/aromatic N) is 1. The molecule has 0 heterocycles. The van der Waals surface area contributed by atoms with Crippen LogP contribution in [0.4, 0.5) is 0 Å². The number of rotatable bonds is 2. The summed E-state index contributed by atoms with van der Waals surface area (Å²) < 4.78 is 0. The largest absolute Gasteiger partial charge is 0.508 e. The fourth-order valence-corrected chi connectivity index (χ4v) is 6.42. The quantitative estimate of drug-likeness (QED) is 0.298. The molecule has 0 saturated heterocycles. The summed E-state index contributed by atoms with van der Waals surface area (Å²) in [4.78, 5) is 41.2. The zero-order chi connectivity index (χ0) is 30.4. The van der Waals surface area contributed by atoms with E-state index in [1.165, 1.54) is 19.0 Å². The van der Waals surface area contributed by atoms with Gasteiger partial charge in [0.2, 0.25) is 5.78 Å². The van der Waals surface area contributed by atoms with Crippen LogP contribution in [0.2, 0.25) is 0 Å². The molecule has 4 rings (SSSR count). The average Bonchev–Trinajstić information content (AvgIpc) is 2.78. The van der Waals surface area contributed by atoms with Crippen LogP contribution in [-0.4, -0.2) is 79.7 Å². The molecule has 1 aromatic carbocycles. The minimum Gasteiger partial charge on any atom is -0.508 e. The molecule has 3 aliphatic carbocycles. The van der Waals surface area contributed by atoms with Crippen LogP contribution in [0.3, 0.4) is 0 Å². The molecule has 0 spiro atoms. The van der Waals surface area contributed by atoms with Crippen molar-refractivity contribution in [3.63, 3.8) is 0 Å². The Bertz CT molecular complexity index is 1440. The first-order chi connectivity index (χ1) is 18.2. The second-order valence-electron chi connectivity index (χ2n) is 13.3. The predicted molar refractivity (Wildman–Crippen MR) is 148 cm³/mol. The van der Waals surface area contributed by atoms with E-state index in [1.54, 1.807) is 18.2 Å². The van der Waals surface area contributed by atoms with Gasteiger partial charge in [0.05, 0.1) is 29.2 Å². The second-order valence-corrected chi connectivity index (χ2v) is 13.3. The van der Waals surface area contributed by atoms with Gasteiger partial charge in [0.1, 0.15) is 22.8 Å². The number of carbonyl (C=O) groups is 3. The summed E-state index contributed by atoms with van der Waals surface area (Å²) in [5.74, 6) is -8.56. The summed E-state index contributed by atoms with van der Waals surface area (Å²) in [6, 6.07) is 2.01. The van der Waals surface area contributed by atoms with Crippen molar-refractivity contribution in [2.75, 3.05) is 14.1 Å². The van der Waals surface area contributed by atoms with E-state index in [-0.39, 0.29) is 11.3 Å². The molecule has 40 heavy (non-hydrogen) atoms. The molecule has 1 aromatic rings. The number of aromatic hydroxyl groups is 1. The lowest BCUT2D eigenvalue weighted by atomic mass is 9.54. The van der Waals surface area contributed by atoms with E-state index in [2.05, 4.69) is 0 Å². The van der Waals surface area contributed by atoms with Crippen molar-refractivity contribution in [1.29, 1.82) is 0 Å². The van der Waals surface area contributed by atoms with Crippen LogP contribution >= 0.6 is 0 Å². The third-order valence-corrected chi connectivity index (χ3v) is 8.06. The topological polar surface area (TPSA) is 182 Å². The molecular formula is C30H38N2O8. The van der Waals surface area contributed by atoms with E-state index in [0.717, 1.165) is 0 Å². The van der Waals surface area contributed by atoms with Gasteiger partial charge in [-0.1, -0.05) is 59.8 Å². The molecule has 1 fully saturated rings. The smallest absolute Gasteiger partial charge is 0.255 e. The number of primary amides is 1. The number of allylic oxidation sites excluding steroid dienone is 1. The Hall–Kier alpha value is -3.47. The van der Waals surface area contributed by atoms with Crippen LogP contribution in [0, 0.1) is 17.3 Å². The van der Waals surface area contributed by atoms with Gasteiger partial charge in [-0.3, -0.25) is 19.3 Å². The number of carbonyl (C=O) groups excluding carboxylic acids is 3. The molecule has 5 atom stereocenters. The highest BCUT2D eigenvalue weighted by Crippen LogP contribution is 2.57. The van der Waals surface area contributed by atoms with E-state index in [0.29, 0.717) is 16.7 Å². The van der Waals surface area contributed by atoms with Crippen LogP contribution in [0.5, 0.6) is 5.75 Å². The Morgan fingerprint density at radius 3 is 2.10 bits per heavy atom. The Kier molecular flexibility index (Phi) is 6.66. The summed E-state index contributed by atoms with van der Waals surface area (Å²) in [5, 5.41) is 57.9. The zero-order valence-electron chi connectivity index (χ0n) is 24.0. The van der Waals surface area contributed by atoms with Crippen LogP contribution in [0.1, 0.15) is 58.2 Å². The van der Waals surface area contributed by atoms with E-state index < -0.39 is 80.6 Å². The minimum absolute atomic E-state index is 0.0496. The lowest BCUT2D eigenvalue weighted by molar-refractivity contribution is -0.166. The van der Waals surface area contributed by atoms with Crippen LogP contribution < -0.4 is 5.73 Å². The second kappa shape index (κ2) is 9.02. The summed E-state index contributed by atoms with van der Waals surface area (Å²) in [6.45, 7) is 11.3. The molecule has 0 bridgehead atoms. The molecule has 0 aliphatic heterocycles.